The molecule has 3 aromatic rings. The summed E-state index contributed by atoms with van der Waals surface area (Å²) < 4.78 is 1.70. The number of nitrogens with one attached hydrogen (secondary N) is 1. The molecule has 2 heterocycles. The van der Waals surface area contributed by atoms with Crippen molar-refractivity contribution in [3.8, 4) is 0 Å². The maximum atomic E-state index is 6.20. The maximum absolute atomic E-state index is 6.20. The number of para-hydroxylation sites is 1. The van der Waals surface area contributed by atoms with Crippen LogP contribution in [0.15, 0.2) is 36.8 Å². The molecule has 0 saturated carbocycles. The number of nitrogens with zero attached hydrogens (tertiary/aromatic N) is 4. The molecule has 0 bridgehead atoms. The van der Waals surface area contributed by atoms with Gasteiger partial charge in [0.1, 0.15) is 0 Å². The first-order valence-corrected chi connectivity index (χ1v) is 6.43. The van der Waals surface area contributed by atoms with Crippen LogP contribution >= 0.6 is 11.6 Å². The number of aryl methyl sites for hydroxylation is 1. The van der Waals surface area contributed by atoms with Crippen LogP contribution in [0.25, 0.3) is 11.0 Å². The number of aromatic nitrogens is 4. The highest BCUT2D eigenvalue weighted by Crippen LogP contribution is 2.30. The van der Waals surface area contributed by atoms with Crippen molar-refractivity contribution >= 4 is 22.6 Å². The van der Waals surface area contributed by atoms with E-state index in [2.05, 4.69) is 20.5 Å². The highest BCUT2D eigenvalue weighted by atomic mass is 35.5. The summed E-state index contributed by atoms with van der Waals surface area (Å²) in [7, 11) is 1.82. The minimum Gasteiger partial charge on any atom is -0.271 e. The number of fused-ring (bicyclic) bond motifs is 1. The van der Waals surface area contributed by atoms with Gasteiger partial charge in [-0.15, -0.1) is 0 Å². The zero-order valence-electron chi connectivity index (χ0n) is 10.8. The number of hydrazine groups is 1. The lowest BCUT2D eigenvalue weighted by Crippen LogP contribution is -2.31. The Bertz CT molecular complexity index is 729. The molecule has 1 unspecified atom stereocenters. The van der Waals surface area contributed by atoms with E-state index in [0.29, 0.717) is 5.02 Å². The highest BCUT2D eigenvalue weighted by molar-refractivity contribution is 6.31. The van der Waals surface area contributed by atoms with Crippen molar-refractivity contribution in [2.45, 2.75) is 6.04 Å². The molecule has 20 heavy (non-hydrogen) atoms. The summed E-state index contributed by atoms with van der Waals surface area (Å²) in [4.78, 5) is 8.69. The van der Waals surface area contributed by atoms with Crippen molar-refractivity contribution in [3.63, 3.8) is 0 Å². The lowest BCUT2D eigenvalue weighted by molar-refractivity contribution is 0.577. The molecule has 7 heteroatoms. The fourth-order valence-corrected chi connectivity index (χ4v) is 2.58. The van der Waals surface area contributed by atoms with E-state index in [1.165, 1.54) is 0 Å². The lowest BCUT2D eigenvalue weighted by Gasteiger charge is -2.18. The van der Waals surface area contributed by atoms with E-state index < -0.39 is 0 Å². The fourth-order valence-electron chi connectivity index (χ4n) is 2.31. The first-order chi connectivity index (χ1) is 9.72. The average Bonchev–Trinajstić information content (AvgIpc) is 2.81. The van der Waals surface area contributed by atoms with E-state index >= 15 is 0 Å². The van der Waals surface area contributed by atoms with Gasteiger partial charge in [-0.05, 0) is 6.07 Å². The zero-order valence-corrected chi connectivity index (χ0v) is 11.5. The molecule has 0 spiro atoms. The predicted octanol–water partition coefficient (Wildman–Crippen LogP) is 1.57. The van der Waals surface area contributed by atoms with Gasteiger partial charge in [-0.25, -0.2) is 5.43 Å². The molecule has 0 amide bonds. The lowest BCUT2D eigenvalue weighted by atomic mass is 10.0. The van der Waals surface area contributed by atoms with Crippen molar-refractivity contribution in [1.29, 1.82) is 0 Å². The number of nitrogens with two attached hydrogens (primary N) is 1. The third kappa shape index (κ3) is 2.03. The second-order valence-corrected chi connectivity index (χ2v) is 4.78. The summed E-state index contributed by atoms with van der Waals surface area (Å²) in [5.41, 5.74) is 6.07. The normalized spacial score (nSPS) is 12.8. The predicted molar refractivity (Wildman–Crippen MR) is 76.9 cm³/mol. The van der Waals surface area contributed by atoms with E-state index in [1.54, 1.807) is 23.3 Å². The Morgan fingerprint density at radius 1 is 1.30 bits per heavy atom. The Kier molecular flexibility index (Phi) is 3.35. The van der Waals surface area contributed by atoms with Gasteiger partial charge >= 0.3 is 0 Å². The van der Waals surface area contributed by atoms with Crippen LogP contribution in [0.4, 0.5) is 0 Å². The molecule has 1 aromatic carbocycles. The van der Waals surface area contributed by atoms with Gasteiger partial charge in [0.15, 0.2) is 0 Å². The van der Waals surface area contributed by atoms with Crippen LogP contribution in [0.2, 0.25) is 5.02 Å². The zero-order chi connectivity index (χ0) is 14.1. The van der Waals surface area contributed by atoms with Crippen LogP contribution < -0.4 is 11.3 Å². The fraction of sp³-hybridized carbons (Fsp3) is 0.154. The highest BCUT2D eigenvalue weighted by Gasteiger charge is 2.22. The van der Waals surface area contributed by atoms with Gasteiger partial charge in [0.2, 0.25) is 0 Å². The Balaban J connectivity index is 2.22. The van der Waals surface area contributed by atoms with Crippen molar-refractivity contribution in [3.05, 3.63) is 53.1 Å². The molecular formula is C13H13ClN6. The molecule has 3 N–H and O–H groups in total. The first-order valence-electron chi connectivity index (χ1n) is 6.05. The molecule has 3 rings (SSSR count). The number of halogens is 1. The third-order valence-electron chi connectivity index (χ3n) is 3.22. The molecule has 0 saturated heterocycles. The van der Waals surface area contributed by atoms with Gasteiger partial charge in [0.05, 0.1) is 34.0 Å². The molecule has 0 radical (unpaired) electrons. The monoisotopic (exact) mass is 288 g/mol. The van der Waals surface area contributed by atoms with Crippen LogP contribution in [0, 0.1) is 0 Å². The summed E-state index contributed by atoms with van der Waals surface area (Å²) in [6, 6.07) is 5.46. The Hall–Kier alpha value is -2.02. The molecule has 6 nitrogen and oxygen atoms in total. The smallest absolute Gasteiger partial charge is 0.0939 e. The molecule has 0 aliphatic heterocycles. The van der Waals surface area contributed by atoms with Gasteiger partial charge in [0, 0.05) is 25.0 Å². The van der Waals surface area contributed by atoms with Crippen molar-refractivity contribution < 1.29 is 0 Å². The average molecular weight is 289 g/mol. The van der Waals surface area contributed by atoms with E-state index in [4.69, 9.17) is 17.4 Å². The second kappa shape index (κ2) is 5.16. The Morgan fingerprint density at radius 2 is 2.10 bits per heavy atom. The van der Waals surface area contributed by atoms with Crippen LogP contribution in [-0.2, 0) is 7.05 Å². The summed E-state index contributed by atoms with van der Waals surface area (Å²) in [5, 5.41) is 4.70. The molecule has 102 valence electrons. The van der Waals surface area contributed by atoms with E-state index in [1.807, 2.05) is 25.2 Å². The Morgan fingerprint density at radius 3 is 2.80 bits per heavy atom. The molecular weight excluding hydrogens is 276 g/mol. The van der Waals surface area contributed by atoms with Crippen LogP contribution in [-0.4, -0.2) is 19.7 Å². The number of rotatable bonds is 3. The van der Waals surface area contributed by atoms with Gasteiger partial charge in [0.25, 0.3) is 0 Å². The number of hydrogen-bond acceptors (Lipinski definition) is 5. The molecule has 0 aliphatic carbocycles. The number of benzene rings is 1. The van der Waals surface area contributed by atoms with E-state index in [0.717, 1.165) is 22.3 Å². The quantitative estimate of drug-likeness (QED) is 0.565. The summed E-state index contributed by atoms with van der Waals surface area (Å²) >= 11 is 6.20. The third-order valence-corrected chi connectivity index (χ3v) is 3.51. The summed E-state index contributed by atoms with van der Waals surface area (Å²) in [6.07, 6.45) is 4.91. The molecule has 0 aliphatic rings. The van der Waals surface area contributed by atoms with E-state index in [-0.39, 0.29) is 6.04 Å². The minimum absolute atomic E-state index is 0.310. The summed E-state index contributed by atoms with van der Waals surface area (Å²) in [6.45, 7) is 0. The van der Waals surface area contributed by atoms with Gasteiger partial charge < -0.3 is 0 Å². The van der Waals surface area contributed by atoms with Crippen LogP contribution in [0.3, 0.4) is 0 Å². The summed E-state index contributed by atoms with van der Waals surface area (Å²) in [5.74, 6) is 5.73. The Labute approximate surface area is 120 Å². The minimum atomic E-state index is -0.310. The second-order valence-electron chi connectivity index (χ2n) is 4.37. The largest absolute Gasteiger partial charge is 0.271 e. The first kappa shape index (κ1) is 13.0. The van der Waals surface area contributed by atoms with Gasteiger partial charge in [-0.3, -0.25) is 20.5 Å². The topological polar surface area (TPSA) is 81.7 Å². The molecule has 1 atom stereocenters. The van der Waals surface area contributed by atoms with Gasteiger partial charge in [-0.2, -0.15) is 5.10 Å². The van der Waals surface area contributed by atoms with E-state index in [9.17, 15) is 0 Å². The number of hydrogen-bond donors (Lipinski definition) is 2. The SMILES string of the molecule is Cn1ncc(Cl)c1C(NN)c1cccc2nccnc12. The maximum Gasteiger partial charge on any atom is 0.0939 e. The van der Waals surface area contributed by atoms with Gasteiger partial charge in [-0.1, -0.05) is 23.7 Å². The van der Waals surface area contributed by atoms with Crippen molar-refractivity contribution in [2.75, 3.05) is 0 Å². The molecule has 2 aromatic heterocycles. The molecule has 0 fully saturated rings. The van der Waals surface area contributed by atoms with Crippen LogP contribution in [0.5, 0.6) is 0 Å². The van der Waals surface area contributed by atoms with Crippen molar-refractivity contribution in [2.24, 2.45) is 12.9 Å². The van der Waals surface area contributed by atoms with Crippen molar-refractivity contribution in [1.82, 2.24) is 25.2 Å². The van der Waals surface area contributed by atoms with Crippen LogP contribution in [0.1, 0.15) is 17.3 Å². The standard InChI is InChI=1S/C13H13ClN6/c1-20-13(9(14)7-18-20)12(19-15)8-3-2-4-10-11(8)17-6-5-16-10/h2-7,12,19H,15H2,1H3.